The van der Waals surface area contributed by atoms with E-state index >= 15 is 0 Å². The lowest BCUT2D eigenvalue weighted by atomic mass is 9.76. The summed E-state index contributed by atoms with van der Waals surface area (Å²) in [6, 6.07) is 18.1. The molecule has 1 N–H and O–H groups in total. The van der Waals surface area contributed by atoms with Crippen molar-refractivity contribution in [2.45, 2.75) is 75.7 Å². The molecule has 4 atom stereocenters. The van der Waals surface area contributed by atoms with Gasteiger partial charge in [0.1, 0.15) is 29.7 Å². The number of amides is 1. The predicted octanol–water partition coefficient (Wildman–Crippen LogP) is 8.11. The Morgan fingerprint density at radius 1 is 1.02 bits per heavy atom. The number of ether oxygens (including phenoxy) is 2. The van der Waals surface area contributed by atoms with Crippen molar-refractivity contribution >= 4 is 29.1 Å². The first-order chi connectivity index (χ1) is 23.3. The van der Waals surface area contributed by atoms with Gasteiger partial charge in [-0.05, 0) is 91.5 Å². The fourth-order valence-electron chi connectivity index (χ4n) is 7.24. The van der Waals surface area contributed by atoms with Crippen molar-refractivity contribution in [1.29, 1.82) is 0 Å². The molecule has 1 amide bonds. The highest BCUT2D eigenvalue weighted by Gasteiger charge is 2.48. The molecule has 0 unspecified atom stereocenters. The highest BCUT2D eigenvalue weighted by molar-refractivity contribution is 6.33. The van der Waals surface area contributed by atoms with Crippen LogP contribution in [-0.4, -0.2) is 47.8 Å². The van der Waals surface area contributed by atoms with Gasteiger partial charge in [-0.15, -0.1) is 0 Å². The fourth-order valence-corrected chi connectivity index (χ4v) is 7.67. The lowest BCUT2D eigenvalue weighted by Gasteiger charge is -2.40. The van der Waals surface area contributed by atoms with Gasteiger partial charge in [0.05, 0.1) is 23.1 Å². The number of nitrogens with one attached hydrogen (secondary N) is 1. The topological polar surface area (TPSA) is 76.8 Å². The molecule has 2 bridgehead atoms. The average Bonchev–Trinajstić information content (AvgIpc) is 3.72. The molecule has 3 heterocycles. The molecule has 11 heteroatoms. The van der Waals surface area contributed by atoms with Crippen molar-refractivity contribution in [3.05, 3.63) is 105 Å². The number of fused-ring (bicyclic) bond motifs is 2. The fraction of sp³-hybridized carbons (Fsp3) is 0.405. The number of carbonyl (C=O) groups is 1. The van der Waals surface area contributed by atoms with Gasteiger partial charge in [0, 0.05) is 42.9 Å². The molecule has 1 saturated carbocycles. The zero-order valence-corrected chi connectivity index (χ0v) is 28.1. The van der Waals surface area contributed by atoms with Gasteiger partial charge in [0.2, 0.25) is 5.91 Å². The number of hydrogen-bond acceptors (Lipinski definition) is 6. The zero-order valence-electron chi connectivity index (χ0n) is 26.6. The monoisotopic (exact) mass is 695 g/mol. The maximum atomic E-state index is 14.5. The molecule has 252 valence electrons. The Balaban J connectivity index is 1.06. The van der Waals surface area contributed by atoms with Crippen LogP contribution in [0.15, 0.2) is 65.2 Å². The van der Waals surface area contributed by atoms with Crippen LogP contribution in [0.5, 0.6) is 5.75 Å². The van der Waals surface area contributed by atoms with Crippen LogP contribution in [0.3, 0.4) is 0 Å². The third-order valence-corrected chi connectivity index (χ3v) is 10.6. The van der Waals surface area contributed by atoms with Crippen molar-refractivity contribution in [3.8, 4) is 17.0 Å². The Morgan fingerprint density at radius 2 is 1.81 bits per heavy atom. The van der Waals surface area contributed by atoms with E-state index in [1.165, 1.54) is 6.07 Å². The number of aromatic nitrogens is 1. The quantitative estimate of drug-likeness (QED) is 0.151. The molecule has 7 nitrogen and oxygen atoms in total. The Labute approximate surface area is 288 Å². The first kappa shape index (κ1) is 33.0. The van der Waals surface area contributed by atoms with E-state index in [0.29, 0.717) is 35.7 Å². The second-order valence-corrected chi connectivity index (χ2v) is 13.8. The summed E-state index contributed by atoms with van der Waals surface area (Å²) >= 11 is 12.6. The van der Waals surface area contributed by atoms with E-state index in [9.17, 15) is 13.6 Å². The van der Waals surface area contributed by atoms with Gasteiger partial charge in [-0.3, -0.25) is 4.79 Å². The first-order valence-corrected chi connectivity index (χ1v) is 17.2. The Bertz CT molecular complexity index is 1780. The third kappa shape index (κ3) is 6.97. The van der Waals surface area contributed by atoms with E-state index in [0.717, 1.165) is 67.3 Å². The van der Waals surface area contributed by atoms with Crippen LogP contribution in [0, 0.1) is 17.6 Å². The van der Waals surface area contributed by atoms with Crippen molar-refractivity contribution in [1.82, 2.24) is 15.4 Å². The molecule has 4 aromatic rings. The Hall–Kier alpha value is -3.50. The second kappa shape index (κ2) is 14.2. The molecule has 1 aliphatic carbocycles. The normalized spacial score (nSPS) is 21.8. The second-order valence-electron chi connectivity index (χ2n) is 13.0. The van der Waals surface area contributed by atoms with Crippen molar-refractivity contribution in [2.24, 2.45) is 5.92 Å². The van der Waals surface area contributed by atoms with Gasteiger partial charge >= 0.3 is 0 Å². The first-order valence-electron chi connectivity index (χ1n) is 16.4. The molecule has 0 radical (unpaired) electrons. The van der Waals surface area contributed by atoms with E-state index in [-0.39, 0.29) is 52.7 Å². The Kier molecular flexibility index (Phi) is 9.74. The molecule has 48 heavy (non-hydrogen) atoms. The van der Waals surface area contributed by atoms with Gasteiger partial charge < -0.3 is 24.2 Å². The molecule has 2 saturated heterocycles. The van der Waals surface area contributed by atoms with Crippen LogP contribution in [0.2, 0.25) is 10.0 Å². The lowest BCUT2D eigenvalue weighted by Crippen LogP contribution is -2.52. The SMILES string of the molecule is COCCc1ccc(Cl)c(CN(C(=O)[C@@H]2[C@@H](c3ccc(OCc4cc(-c5c(F)ccc(F)c5Cl)no4)cc3)C[C@@H]3CC[C@H]2N3)C2CC2)c1. The number of hydrogen-bond donors (Lipinski definition) is 1. The summed E-state index contributed by atoms with van der Waals surface area (Å²) in [4.78, 5) is 16.6. The van der Waals surface area contributed by atoms with Crippen LogP contribution >= 0.6 is 23.2 Å². The number of nitrogens with zero attached hydrogens (tertiary/aromatic N) is 2. The molecule has 2 aliphatic heterocycles. The summed E-state index contributed by atoms with van der Waals surface area (Å²) in [5.74, 6) is -0.431. The summed E-state index contributed by atoms with van der Waals surface area (Å²) in [7, 11) is 1.69. The Morgan fingerprint density at radius 3 is 2.58 bits per heavy atom. The van der Waals surface area contributed by atoms with Crippen molar-refractivity contribution < 1.29 is 27.6 Å². The number of rotatable bonds is 12. The molecular formula is C37H37Cl2F2N3O4. The number of piperidine rings is 1. The van der Waals surface area contributed by atoms with Gasteiger partial charge in [-0.25, -0.2) is 8.78 Å². The third-order valence-electron chi connectivity index (χ3n) is 9.83. The van der Waals surface area contributed by atoms with Crippen LogP contribution in [0.1, 0.15) is 60.5 Å². The number of carbonyl (C=O) groups excluding carboxylic acids is 1. The molecule has 3 fully saturated rings. The zero-order chi connectivity index (χ0) is 33.4. The average molecular weight is 697 g/mol. The largest absolute Gasteiger partial charge is 0.486 e. The molecule has 0 spiro atoms. The maximum absolute atomic E-state index is 14.5. The standard InChI is InChI=1S/C37H37Cl2F2N3O4/c1-46-15-14-21-2-10-29(38)23(16-21)19-44(25-6-7-25)37(45)34-28(17-24-5-13-32(34)42-24)22-3-8-26(9-4-22)47-20-27-18-33(43-48-27)35-30(40)11-12-31(41)36(35)39/h2-4,8-12,16,18,24-25,28,32,34,42H,5-7,13-15,17,19-20H2,1H3/t24-,28+,32+,34+/m0/s1. The van der Waals surface area contributed by atoms with Crippen LogP contribution in [0.4, 0.5) is 8.78 Å². The van der Waals surface area contributed by atoms with Gasteiger partial charge in [-0.1, -0.05) is 52.6 Å². The highest BCUT2D eigenvalue weighted by Crippen LogP contribution is 2.45. The number of halogens is 4. The number of benzene rings is 3. The maximum Gasteiger partial charge on any atom is 0.228 e. The van der Waals surface area contributed by atoms with E-state index in [1.54, 1.807) is 7.11 Å². The molecule has 1 aromatic heterocycles. The van der Waals surface area contributed by atoms with E-state index in [4.69, 9.17) is 37.2 Å². The van der Waals surface area contributed by atoms with E-state index in [1.807, 2.05) is 36.4 Å². The van der Waals surface area contributed by atoms with Crippen LogP contribution in [-0.2, 0) is 29.1 Å². The summed E-state index contributed by atoms with van der Waals surface area (Å²) in [5.41, 5.74) is 3.15. The minimum atomic E-state index is -0.743. The van der Waals surface area contributed by atoms with Crippen molar-refractivity contribution in [3.63, 3.8) is 0 Å². The highest BCUT2D eigenvalue weighted by atomic mass is 35.5. The van der Waals surface area contributed by atoms with E-state index < -0.39 is 11.6 Å². The lowest BCUT2D eigenvalue weighted by molar-refractivity contribution is -0.139. The summed E-state index contributed by atoms with van der Waals surface area (Å²) < 4.78 is 44.8. The van der Waals surface area contributed by atoms with Gasteiger partial charge in [-0.2, -0.15) is 0 Å². The molecule has 7 rings (SSSR count). The molecular weight excluding hydrogens is 659 g/mol. The molecule has 3 aliphatic rings. The van der Waals surface area contributed by atoms with Crippen molar-refractivity contribution in [2.75, 3.05) is 13.7 Å². The molecule has 3 aromatic carbocycles. The van der Waals surface area contributed by atoms with Crippen LogP contribution < -0.4 is 10.1 Å². The minimum Gasteiger partial charge on any atom is -0.486 e. The van der Waals surface area contributed by atoms with Crippen LogP contribution in [0.25, 0.3) is 11.3 Å². The van der Waals surface area contributed by atoms with Gasteiger partial charge in [0.25, 0.3) is 0 Å². The van der Waals surface area contributed by atoms with E-state index in [2.05, 4.69) is 21.4 Å². The minimum absolute atomic E-state index is 0.0328. The number of methoxy groups -OCH3 is 1. The summed E-state index contributed by atoms with van der Waals surface area (Å²) in [5, 5.41) is 7.92. The van der Waals surface area contributed by atoms with Gasteiger partial charge in [0.15, 0.2) is 5.76 Å². The predicted molar refractivity (Wildman–Crippen MR) is 179 cm³/mol. The summed E-state index contributed by atoms with van der Waals surface area (Å²) in [6.45, 7) is 1.16. The summed E-state index contributed by atoms with van der Waals surface area (Å²) in [6.07, 6.45) is 5.74. The smallest absolute Gasteiger partial charge is 0.228 e.